The highest BCUT2D eigenvalue weighted by Crippen LogP contribution is 2.53. The van der Waals surface area contributed by atoms with Crippen molar-refractivity contribution in [3.8, 4) is 0 Å². The Morgan fingerprint density at radius 3 is 2.20 bits per heavy atom. The smallest absolute Gasteiger partial charge is 0.142 e. The zero-order chi connectivity index (χ0) is 11.2. The molecule has 1 aromatic carbocycles. The van der Waals surface area contributed by atoms with Crippen molar-refractivity contribution in [3.63, 3.8) is 0 Å². The summed E-state index contributed by atoms with van der Waals surface area (Å²) in [6.07, 6.45) is 0. The standard InChI is InChI=1S/C13H15ClO/c1-8-11(13(2,3)12(8)15)9-4-6-10(14)7-5-9/h4-8,11H,1-3H3. The third-order valence-electron chi connectivity index (χ3n) is 3.56. The Labute approximate surface area is 95.4 Å². The fraction of sp³-hybridized carbons (Fsp3) is 0.462. The van der Waals surface area contributed by atoms with Crippen LogP contribution in [0.15, 0.2) is 24.3 Å². The van der Waals surface area contributed by atoms with Gasteiger partial charge >= 0.3 is 0 Å². The van der Waals surface area contributed by atoms with E-state index in [4.69, 9.17) is 11.6 Å². The molecule has 1 aromatic rings. The van der Waals surface area contributed by atoms with Crippen LogP contribution in [0.4, 0.5) is 0 Å². The minimum absolute atomic E-state index is 0.140. The molecule has 0 aromatic heterocycles. The molecule has 0 radical (unpaired) electrons. The fourth-order valence-corrected chi connectivity index (χ4v) is 2.92. The molecule has 15 heavy (non-hydrogen) atoms. The van der Waals surface area contributed by atoms with Crippen molar-refractivity contribution in [2.75, 3.05) is 0 Å². The van der Waals surface area contributed by atoms with E-state index in [9.17, 15) is 4.79 Å². The van der Waals surface area contributed by atoms with Crippen LogP contribution >= 0.6 is 11.6 Å². The maximum atomic E-state index is 11.7. The molecule has 0 bridgehead atoms. The van der Waals surface area contributed by atoms with Crippen molar-refractivity contribution < 1.29 is 4.79 Å². The first-order valence-electron chi connectivity index (χ1n) is 5.24. The molecule has 1 nitrogen and oxygen atoms in total. The summed E-state index contributed by atoms with van der Waals surface area (Å²) in [5.41, 5.74) is 1.00. The molecule has 2 rings (SSSR count). The van der Waals surface area contributed by atoms with Crippen molar-refractivity contribution in [3.05, 3.63) is 34.9 Å². The van der Waals surface area contributed by atoms with E-state index in [2.05, 4.69) is 0 Å². The Morgan fingerprint density at radius 2 is 1.73 bits per heavy atom. The van der Waals surface area contributed by atoms with E-state index >= 15 is 0 Å². The van der Waals surface area contributed by atoms with Gasteiger partial charge in [-0.05, 0) is 17.7 Å². The van der Waals surface area contributed by atoms with Crippen LogP contribution < -0.4 is 0 Å². The third kappa shape index (κ3) is 1.50. The number of Topliss-reactive ketones (excluding diaryl/α,β-unsaturated/α-hetero) is 1. The van der Waals surface area contributed by atoms with E-state index in [0.717, 1.165) is 5.02 Å². The summed E-state index contributed by atoms with van der Waals surface area (Å²) >= 11 is 5.85. The van der Waals surface area contributed by atoms with Gasteiger partial charge in [0.15, 0.2) is 0 Å². The van der Waals surface area contributed by atoms with Gasteiger partial charge in [0.2, 0.25) is 0 Å². The topological polar surface area (TPSA) is 17.1 Å². The monoisotopic (exact) mass is 222 g/mol. The van der Waals surface area contributed by atoms with Gasteiger partial charge in [-0.15, -0.1) is 0 Å². The lowest BCUT2D eigenvalue weighted by molar-refractivity contribution is -0.145. The molecule has 2 atom stereocenters. The van der Waals surface area contributed by atoms with Crippen LogP contribution in [-0.4, -0.2) is 5.78 Å². The number of hydrogen-bond donors (Lipinski definition) is 0. The molecule has 0 amide bonds. The highest BCUT2D eigenvalue weighted by Gasteiger charge is 2.53. The van der Waals surface area contributed by atoms with Crippen LogP contribution in [0.5, 0.6) is 0 Å². The summed E-state index contributed by atoms with van der Waals surface area (Å²) in [7, 11) is 0. The van der Waals surface area contributed by atoms with Gasteiger partial charge in [-0.25, -0.2) is 0 Å². The van der Waals surface area contributed by atoms with Gasteiger partial charge in [-0.2, -0.15) is 0 Å². The third-order valence-corrected chi connectivity index (χ3v) is 3.81. The maximum absolute atomic E-state index is 11.7. The van der Waals surface area contributed by atoms with Crippen LogP contribution in [0.1, 0.15) is 32.3 Å². The Morgan fingerprint density at radius 1 is 1.20 bits per heavy atom. The molecule has 1 aliphatic carbocycles. The van der Waals surface area contributed by atoms with E-state index in [0.29, 0.717) is 11.7 Å². The summed E-state index contributed by atoms with van der Waals surface area (Å²) < 4.78 is 0. The van der Waals surface area contributed by atoms with Gasteiger partial charge in [0.1, 0.15) is 5.78 Å². The zero-order valence-corrected chi connectivity index (χ0v) is 10.0. The molecule has 0 saturated heterocycles. The van der Waals surface area contributed by atoms with E-state index in [1.165, 1.54) is 5.56 Å². The Balaban J connectivity index is 2.33. The second-order valence-electron chi connectivity index (χ2n) is 4.90. The average molecular weight is 223 g/mol. The van der Waals surface area contributed by atoms with Crippen molar-refractivity contribution in [1.29, 1.82) is 0 Å². The Kier molecular flexibility index (Phi) is 2.38. The van der Waals surface area contributed by atoms with Crippen molar-refractivity contribution in [2.24, 2.45) is 11.3 Å². The Hall–Kier alpha value is -0.820. The van der Waals surface area contributed by atoms with E-state index in [1.807, 2.05) is 45.0 Å². The lowest BCUT2D eigenvalue weighted by atomic mass is 9.53. The summed E-state index contributed by atoms with van der Waals surface area (Å²) in [6, 6.07) is 7.83. The fourth-order valence-electron chi connectivity index (χ4n) is 2.80. The van der Waals surface area contributed by atoms with Crippen LogP contribution in [0.25, 0.3) is 0 Å². The zero-order valence-electron chi connectivity index (χ0n) is 9.25. The second-order valence-corrected chi connectivity index (χ2v) is 5.34. The summed E-state index contributed by atoms with van der Waals surface area (Å²) in [5.74, 6) is 0.839. The molecule has 0 heterocycles. The van der Waals surface area contributed by atoms with Gasteiger partial charge in [0, 0.05) is 22.3 Å². The quantitative estimate of drug-likeness (QED) is 0.709. The molecular formula is C13H15ClO. The molecule has 2 unspecified atom stereocenters. The number of halogens is 1. The van der Waals surface area contributed by atoms with Crippen LogP contribution in [0.3, 0.4) is 0 Å². The Bertz CT molecular complexity index is 392. The highest BCUT2D eigenvalue weighted by molar-refractivity contribution is 6.30. The van der Waals surface area contributed by atoms with E-state index < -0.39 is 0 Å². The first-order valence-corrected chi connectivity index (χ1v) is 5.62. The van der Waals surface area contributed by atoms with Crippen LogP contribution in [0.2, 0.25) is 5.02 Å². The average Bonchev–Trinajstić information content (AvgIpc) is 2.20. The predicted molar refractivity (Wildman–Crippen MR) is 62.1 cm³/mol. The lowest BCUT2D eigenvalue weighted by Gasteiger charge is -2.48. The molecule has 0 aliphatic heterocycles. The van der Waals surface area contributed by atoms with Gasteiger partial charge in [-0.3, -0.25) is 4.79 Å². The van der Waals surface area contributed by atoms with E-state index in [1.54, 1.807) is 0 Å². The molecule has 80 valence electrons. The predicted octanol–water partition coefficient (Wildman–Crippen LogP) is 3.67. The summed E-state index contributed by atoms with van der Waals surface area (Å²) in [5, 5.41) is 0.745. The van der Waals surface area contributed by atoms with E-state index in [-0.39, 0.29) is 11.3 Å². The number of ketones is 1. The van der Waals surface area contributed by atoms with Crippen molar-refractivity contribution >= 4 is 17.4 Å². The first-order chi connectivity index (χ1) is 6.94. The SMILES string of the molecule is CC1C(=O)C(C)(C)C1c1ccc(Cl)cc1. The number of hydrogen-bond acceptors (Lipinski definition) is 1. The van der Waals surface area contributed by atoms with Crippen molar-refractivity contribution in [2.45, 2.75) is 26.7 Å². The minimum Gasteiger partial charge on any atom is -0.299 e. The van der Waals surface area contributed by atoms with Gasteiger partial charge < -0.3 is 0 Å². The lowest BCUT2D eigenvalue weighted by Crippen LogP contribution is -2.51. The molecule has 2 heteroatoms. The number of carbonyl (C=O) groups is 1. The normalized spacial score (nSPS) is 28.7. The first kappa shape index (κ1) is 10.7. The van der Waals surface area contributed by atoms with Gasteiger partial charge in [-0.1, -0.05) is 44.5 Å². The summed E-state index contributed by atoms with van der Waals surface area (Å²) in [6.45, 7) is 6.05. The summed E-state index contributed by atoms with van der Waals surface area (Å²) in [4.78, 5) is 11.7. The van der Waals surface area contributed by atoms with Crippen LogP contribution in [0, 0.1) is 11.3 Å². The molecule has 1 fully saturated rings. The molecular weight excluding hydrogens is 208 g/mol. The van der Waals surface area contributed by atoms with Crippen LogP contribution in [-0.2, 0) is 4.79 Å². The highest BCUT2D eigenvalue weighted by atomic mass is 35.5. The molecule has 1 saturated carbocycles. The number of carbonyl (C=O) groups excluding carboxylic acids is 1. The largest absolute Gasteiger partial charge is 0.299 e. The van der Waals surface area contributed by atoms with Gasteiger partial charge in [0.25, 0.3) is 0 Å². The number of benzene rings is 1. The van der Waals surface area contributed by atoms with Crippen molar-refractivity contribution in [1.82, 2.24) is 0 Å². The maximum Gasteiger partial charge on any atom is 0.142 e. The second kappa shape index (κ2) is 3.34. The molecule has 1 aliphatic rings. The molecule has 0 N–H and O–H groups in total. The van der Waals surface area contributed by atoms with Gasteiger partial charge in [0.05, 0.1) is 0 Å². The molecule has 0 spiro atoms. The number of rotatable bonds is 1. The minimum atomic E-state index is -0.215.